The summed E-state index contributed by atoms with van der Waals surface area (Å²) in [4.78, 5) is 36.8. The van der Waals surface area contributed by atoms with Gasteiger partial charge in [0, 0.05) is 26.6 Å². The molecule has 1 aromatic rings. The summed E-state index contributed by atoms with van der Waals surface area (Å²) in [6.07, 6.45) is 4.65. The summed E-state index contributed by atoms with van der Waals surface area (Å²) in [6.45, 7) is 1.33. The topological polar surface area (TPSA) is 109 Å². The second-order valence-corrected chi connectivity index (χ2v) is 7.18. The Kier molecular flexibility index (Phi) is 5.26. The average molecular weight is 366 g/mol. The van der Waals surface area contributed by atoms with Crippen LogP contribution in [0.1, 0.15) is 25.1 Å². The highest BCUT2D eigenvalue weighted by molar-refractivity contribution is 7.98. The molecule has 1 aromatic heterocycles. The largest absolute Gasteiger partial charge is 0.343 e. The third kappa shape index (κ3) is 3.94. The molecule has 2 saturated heterocycles. The van der Waals surface area contributed by atoms with Crippen molar-refractivity contribution in [1.29, 1.82) is 0 Å². The number of thioether (sulfide) groups is 1. The Balaban J connectivity index is 1.48. The predicted octanol–water partition coefficient (Wildman–Crippen LogP) is -0.0838. The molecule has 0 spiro atoms. The Bertz CT molecular complexity index is 683. The van der Waals surface area contributed by atoms with Crippen LogP contribution in [0.3, 0.4) is 0 Å². The van der Waals surface area contributed by atoms with Gasteiger partial charge in [-0.15, -0.1) is 10.2 Å². The Labute approximate surface area is 149 Å². The number of hydrogen-bond acceptors (Lipinski definition) is 6. The van der Waals surface area contributed by atoms with Gasteiger partial charge in [0.2, 0.25) is 5.91 Å². The van der Waals surface area contributed by atoms with Crippen molar-refractivity contribution >= 4 is 29.6 Å². The van der Waals surface area contributed by atoms with Gasteiger partial charge in [-0.1, -0.05) is 11.8 Å². The van der Waals surface area contributed by atoms with Gasteiger partial charge in [-0.3, -0.25) is 14.9 Å². The fourth-order valence-corrected chi connectivity index (χ4v) is 3.75. The number of aromatic nitrogens is 3. The average Bonchev–Trinajstić information content (AvgIpc) is 3.10. The lowest BCUT2D eigenvalue weighted by molar-refractivity contribution is -0.135. The Hall–Kier alpha value is -2.10. The van der Waals surface area contributed by atoms with Crippen molar-refractivity contribution < 1.29 is 14.4 Å². The minimum atomic E-state index is -0.749. The van der Waals surface area contributed by atoms with Gasteiger partial charge in [0.15, 0.2) is 5.16 Å². The molecular weight excluding hydrogens is 344 g/mol. The van der Waals surface area contributed by atoms with Crippen LogP contribution < -0.4 is 10.6 Å². The molecule has 3 heterocycles. The number of nitrogens with zero attached hydrogens (tertiary/aromatic N) is 4. The van der Waals surface area contributed by atoms with Gasteiger partial charge in [0.1, 0.15) is 11.9 Å². The minimum Gasteiger partial charge on any atom is -0.343 e. The molecule has 4 amide bonds. The van der Waals surface area contributed by atoms with Crippen LogP contribution in [0.15, 0.2) is 5.16 Å². The van der Waals surface area contributed by atoms with Crippen LogP contribution >= 0.6 is 11.8 Å². The molecule has 2 aliphatic rings. The van der Waals surface area contributed by atoms with E-state index in [9.17, 15) is 14.4 Å². The highest BCUT2D eigenvalue weighted by Crippen LogP contribution is 2.23. The first kappa shape index (κ1) is 17.7. The first-order chi connectivity index (χ1) is 12.0. The summed E-state index contributed by atoms with van der Waals surface area (Å²) in [5.41, 5.74) is 0. The summed E-state index contributed by atoms with van der Waals surface area (Å²) >= 11 is 1.57. The maximum absolute atomic E-state index is 12.3. The van der Waals surface area contributed by atoms with E-state index in [2.05, 4.69) is 20.8 Å². The number of amides is 4. The molecule has 2 fully saturated rings. The fraction of sp³-hybridized carbons (Fsp3) is 0.667. The zero-order valence-electron chi connectivity index (χ0n) is 14.3. The van der Waals surface area contributed by atoms with Crippen molar-refractivity contribution in [2.24, 2.45) is 13.0 Å². The van der Waals surface area contributed by atoms with Crippen LogP contribution in [0.4, 0.5) is 4.79 Å². The molecule has 0 aliphatic carbocycles. The van der Waals surface area contributed by atoms with Crippen LogP contribution in [-0.2, 0) is 23.1 Å². The summed E-state index contributed by atoms with van der Waals surface area (Å²) in [7, 11) is 1.97. The van der Waals surface area contributed by atoms with Gasteiger partial charge in [-0.25, -0.2) is 4.79 Å². The van der Waals surface area contributed by atoms with Crippen molar-refractivity contribution in [1.82, 2.24) is 30.3 Å². The Morgan fingerprint density at radius 3 is 2.56 bits per heavy atom. The van der Waals surface area contributed by atoms with Gasteiger partial charge in [-0.2, -0.15) is 0 Å². The quantitative estimate of drug-likeness (QED) is 0.557. The standard InChI is InChI=1S/C15H22N6O3S/c1-20-11(18-19-15(20)25-2)7-9-3-5-21(6-4-9)12(22)8-10-13(23)17-14(24)16-10/h9-10H,3-8H2,1-2H3,(H2,16,17,23,24)/t10-/m0/s1. The van der Waals surface area contributed by atoms with Crippen LogP contribution in [-0.4, -0.2) is 62.9 Å². The third-order valence-electron chi connectivity index (χ3n) is 4.78. The lowest BCUT2D eigenvalue weighted by Crippen LogP contribution is -2.43. The number of carbonyl (C=O) groups excluding carboxylic acids is 3. The monoisotopic (exact) mass is 366 g/mol. The molecule has 2 N–H and O–H groups in total. The van der Waals surface area contributed by atoms with Crippen LogP contribution in [0.2, 0.25) is 0 Å². The molecule has 10 heteroatoms. The van der Waals surface area contributed by atoms with Gasteiger partial charge in [0.05, 0.1) is 6.42 Å². The number of nitrogens with one attached hydrogen (secondary N) is 2. The molecule has 1 atom stereocenters. The van der Waals surface area contributed by atoms with E-state index in [4.69, 9.17) is 0 Å². The number of piperidine rings is 1. The second-order valence-electron chi connectivity index (χ2n) is 6.41. The van der Waals surface area contributed by atoms with Crippen LogP contribution in [0, 0.1) is 5.92 Å². The molecular formula is C15H22N6O3S. The van der Waals surface area contributed by atoms with E-state index in [-0.39, 0.29) is 12.3 Å². The van der Waals surface area contributed by atoms with Gasteiger partial charge in [0.25, 0.3) is 5.91 Å². The highest BCUT2D eigenvalue weighted by atomic mass is 32.2. The second kappa shape index (κ2) is 7.42. The number of carbonyl (C=O) groups is 3. The Morgan fingerprint density at radius 2 is 2.00 bits per heavy atom. The van der Waals surface area contributed by atoms with E-state index in [1.807, 2.05) is 17.9 Å². The zero-order valence-corrected chi connectivity index (χ0v) is 15.1. The number of urea groups is 1. The maximum atomic E-state index is 12.3. The van der Waals surface area contributed by atoms with E-state index < -0.39 is 18.0 Å². The smallest absolute Gasteiger partial charge is 0.322 e. The van der Waals surface area contributed by atoms with E-state index in [1.54, 1.807) is 16.7 Å². The summed E-state index contributed by atoms with van der Waals surface area (Å²) < 4.78 is 2.02. The molecule has 0 saturated carbocycles. The maximum Gasteiger partial charge on any atom is 0.322 e. The lowest BCUT2D eigenvalue weighted by Gasteiger charge is -2.32. The molecule has 9 nitrogen and oxygen atoms in total. The molecule has 136 valence electrons. The molecule has 0 unspecified atom stereocenters. The van der Waals surface area contributed by atoms with E-state index >= 15 is 0 Å². The number of rotatable bonds is 5. The molecule has 0 aromatic carbocycles. The van der Waals surface area contributed by atoms with Crippen molar-refractivity contribution in [3.8, 4) is 0 Å². The SMILES string of the molecule is CSc1nnc(CC2CCN(C(=O)C[C@@H]3NC(=O)NC3=O)CC2)n1C. The summed E-state index contributed by atoms with van der Waals surface area (Å²) in [5, 5.41) is 13.9. The molecule has 2 aliphatic heterocycles. The van der Waals surface area contributed by atoms with Crippen LogP contribution in [0.25, 0.3) is 0 Å². The first-order valence-electron chi connectivity index (χ1n) is 8.29. The zero-order chi connectivity index (χ0) is 18.0. The number of imide groups is 1. The van der Waals surface area contributed by atoms with Gasteiger partial charge in [-0.05, 0) is 25.0 Å². The fourth-order valence-electron chi connectivity index (χ4n) is 3.25. The highest BCUT2D eigenvalue weighted by Gasteiger charge is 2.33. The lowest BCUT2D eigenvalue weighted by atomic mass is 9.93. The van der Waals surface area contributed by atoms with Crippen molar-refractivity contribution in [3.05, 3.63) is 5.82 Å². The van der Waals surface area contributed by atoms with Gasteiger partial charge >= 0.3 is 6.03 Å². The third-order valence-corrected chi connectivity index (χ3v) is 5.50. The van der Waals surface area contributed by atoms with E-state index in [0.717, 1.165) is 30.2 Å². The van der Waals surface area contributed by atoms with Crippen molar-refractivity contribution in [2.45, 2.75) is 36.9 Å². The summed E-state index contributed by atoms with van der Waals surface area (Å²) in [5.74, 6) is 0.917. The molecule has 3 rings (SSSR count). The molecule has 0 bridgehead atoms. The Morgan fingerprint density at radius 1 is 1.28 bits per heavy atom. The number of likely N-dealkylation sites (tertiary alicyclic amines) is 1. The van der Waals surface area contributed by atoms with Crippen molar-refractivity contribution in [2.75, 3.05) is 19.3 Å². The van der Waals surface area contributed by atoms with Gasteiger partial charge < -0.3 is 14.8 Å². The first-order valence-corrected chi connectivity index (χ1v) is 9.51. The number of hydrogen-bond donors (Lipinski definition) is 2. The molecule has 25 heavy (non-hydrogen) atoms. The summed E-state index contributed by atoms with van der Waals surface area (Å²) in [6, 6.07) is -1.28. The minimum absolute atomic E-state index is 0.0165. The predicted molar refractivity (Wildman–Crippen MR) is 90.9 cm³/mol. The van der Waals surface area contributed by atoms with E-state index in [0.29, 0.717) is 19.0 Å². The molecule has 0 radical (unpaired) electrons. The van der Waals surface area contributed by atoms with Crippen molar-refractivity contribution in [3.63, 3.8) is 0 Å². The van der Waals surface area contributed by atoms with Crippen LogP contribution in [0.5, 0.6) is 0 Å². The van der Waals surface area contributed by atoms with E-state index in [1.165, 1.54) is 0 Å². The normalized spacial score (nSPS) is 21.4.